The number of ether oxygens (including phenoxy) is 2. The van der Waals surface area contributed by atoms with Gasteiger partial charge in [-0.2, -0.15) is 0 Å². The SMILES string of the molecule is CC(C)(C)OC(=O)NC1(CCCc2ccc(OCc3ccccc3)cc2)CO[Si](C(C)(C)C)(C(C)(C)C)OC1. The maximum Gasteiger partial charge on any atom is 0.408 e. The number of carbonyl (C=O) groups is 1. The summed E-state index contributed by atoms with van der Waals surface area (Å²) >= 11 is 0. The summed E-state index contributed by atoms with van der Waals surface area (Å²) in [5.41, 5.74) is 1.14. The van der Waals surface area contributed by atoms with Crippen LogP contribution in [0.5, 0.6) is 5.75 Å². The van der Waals surface area contributed by atoms with E-state index in [-0.39, 0.29) is 10.1 Å². The van der Waals surface area contributed by atoms with Gasteiger partial charge in [-0.25, -0.2) is 4.79 Å². The van der Waals surface area contributed by atoms with E-state index < -0.39 is 25.8 Å². The number of nitrogens with one attached hydrogen (secondary N) is 1. The summed E-state index contributed by atoms with van der Waals surface area (Å²) in [6.07, 6.45) is 2.02. The van der Waals surface area contributed by atoms with Crippen LogP contribution in [0.2, 0.25) is 10.1 Å². The summed E-state index contributed by atoms with van der Waals surface area (Å²) < 4.78 is 25.1. The fourth-order valence-corrected chi connectivity index (χ4v) is 10.5. The van der Waals surface area contributed by atoms with Gasteiger partial charge in [-0.15, -0.1) is 0 Å². The lowest BCUT2D eigenvalue weighted by atomic mass is 9.93. The lowest BCUT2D eigenvalue weighted by Gasteiger charge is -2.55. The summed E-state index contributed by atoms with van der Waals surface area (Å²) in [5, 5.41) is 2.91. The molecule has 2 aromatic rings. The number of benzene rings is 2. The van der Waals surface area contributed by atoms with Crippen LogP contribution in [0.15, 0.2) is 54.6 Å². The Bertz CT molecular complexity index is 1040. The Morgan fingerprint density at radius 2 is 1.41 bits per heavy atom. The second-order valence-corrected chi connectivity index (χ2v) is 18.7. The molecule has 1 amide bonds. The van der Waals surface area contributed by atoms with Crippen LogP contribution in [-0.2, 0) is 26.6 Å². The molecule has 0 aliphatic carbocycles. The minimum absolute atomic E-state index is 0.117. The van der Waals surface area contributed by atoms with Gasteiger partial charge in [0.25, 0.3) is 0 Å². The molecule has 0 bridgehead atoms. The van der Waals surface area contributed by atoms with Crippen LogP contribution in [-0.4, -0.2) is 39.0 Å². The van der Waals surface area contributed by atoms with E-state index in [9.17, 15) is 4.79 Å². The Balaban J connectivity index is 1.66. The van der Waals surface area contributed by atoms with Gasteiger partial charge in [0.15, 0.2) is 0 Å². The minimum Gasteiger partial charge on any atom is -0.489 e. The molecule has 0 spiro atoms. The molecule has 2 aromatic carbocycles. The van der Waals surface area contributed by atoms with Crippen LogP contribution < -0.4 is 10.1 Å². The Morgan fingerprint density at radius 3 is 1.92 bits per heavy atom. The summed E-state index contributed by atoms with van der Waals surface area (Å²) in [6.45, 7) is 20.2. The van der Waals surface area contributed by atoms with Crippen molar-refractivity contribution in [3.63, 3.8) is 0 Å². The Hall–Kier alpha value is -2.35. The molecular weight excluding hydrogens is 506 g/mol. The zero-order valence-corrected chi connectivity index (χ0v) is 26.5. The normalized spacial score (nSPS) is 17.4. The quantitative estimate of drug-likeness (QED) is 0.335. The minimum atomic E-state index is -2.62. The molecule has 1 aliphatic rings. The highest BCUT2D eigenvalue weighted by Crippen LogP contribution is 2.54. The molecule has 0 aromatic heterocycles. The molecule has 0 saturated carbocycles. The number of hydrogen-bond acceptors (Lipinski definition) is 5. The topological polar surface area (TPSA) is 66.0 Å². The molecule has 1 saturated heterocycles. The third-order valence-electron chi connectivity index (χ3n) is 7.14. The molecule has 0 unspecified atom stereocenters. The van der Waals surface area contributed by atoms with Crippen molar-refractivity contribution in [2.24, 2.45) is 0 Å². The van der Waals surface area contributed by atoms with Crippen molar-refractivity contribution < 1.29 is 23.1 Å². The largest absolute Gasteiger partial charge is 0.489 e. The molecule has 1 aliphatic heterocycles. The number of alkyl carbamates (subject to hydrolysis) is 1. The van der Waals surface area contributed by atoms with Gasteiger partial charge in [0, 0.05) is 10.1 Å². The highest BCUT2D eigenvalue weighted by molar-refractivity contribution is 6.73. The fourth-order valence-electron chi connectivity index (χ4n) is 5.48. The maximum atomic E-state index is 12.9. The third-order valence-corrected chi connectivity index (χ3v) is 12.2. The first-order valence-corrected chi connectivity index (χ1v) is 15.9. The fraction of sp³-hybridized carbons (Fsp3) is 0.594. The predicted octanol–water partition coefficient (Wildman–Crippen LogP) is 7.94. The van der Waals surface area contributed by atoms with E-state index in [0.717, 1.165) is 30.6 Å². The van der Waals surface area contributed by atoms with Crippen LogP contribution >= 0.6 is 0 Å². The molecule has 1 heterocycles. The zero-order valence-electron chi connectivity index (χ0n) is 25.5. The number of amides is 1. The molecule has 3 rings (SSSR count). The maximum absolute atomic E-state index is 12.9. The first-order valence-electron chi connectivity index (χ1n) is 14.1. The van der Waals surface area contributed by atoms with Gasteiger partial charge in [-0.05, 0) is 63.3 Å². The first-order chi connectivity index (χ1) is 18.0. The molecule has 7 heteroatoms. The van der Waals surface area contributed by atoms with E-state index >= 15 is 0 Å². The highest BCUT2D eigenvalue weighted by Gasteiger charge is 2.62. The summed E-state index contributed by atoms with van der Waals surface area (Å²) in [5.74, 6) is 0.852. The lowest BCUT2D eigenvalue weighted by Crippen LogP contribution is -2.69. The smallest absolute Gasteiger partial charge is 0.408 e. The van der Waals surface area contributed by atoms with Gasteiger partial charge in [0.05, 0.1) is 18.8 Å². The molecule has 0 radical (unpaired) electrons. The summed E-state index contributed by atoms with van der Waals surface area (Å²) in [7, 11) is -2.62. The van der Waals surface area contributed by atoms with Gasteiger partial charge >= 0.3 is 14.7 Å². The van der Waals surface area contributed by atoms with Crippen molar-refractivity contribution in [1.29, 1.82) is 0 Å². The standard InChI is InChI=1S/C32H49NO5Si/c1-29(2,3)38-28(34)33-32(23-36-39(37-24-32,30(4,5)6)31(7,8)9)21-13-16-25-17-19-27(20-18-25)35-22-26-14-11-10-12-15-26/h10-12,14-15,17-20H,13,16,21-24H2,1-9H3,(H,33,34). The third kappa shape index (κ3) is 8.32. The van der Waals surface area contributed by atoms with Crippen molar-refractivity contribution in [1.82, 2.24) is 5.32 Å². The Kier molecular flexibility index (Phi) is 9.62. The second-order valence-electron chi connectivity index (χ2n) is 13.9. The van der Waals surface area contributed by atoms with Crippen molar-refractivity contribution in [3.05, 3.63) is 65.7 Å². The van der Waals surface area contributed by atoms with Crippen LogP contribution in [0.25, 0.3) is 0 Å². The monoisotopic (exact) mass is 555 g/mol. The Morgan fingerprint density at radius 1 is 0.846 bits per heavy atom. The van der Waals surface area contributed by atoms with Crippen molar-refractivity contribution in [3.8, 4) is 5.75 Å². The van der Waals surface area contributed by atoms with Crippen molar-refractivity contribution >= 4 is 14.7 Å². The molecule has 1 N–H and O–H groups in total. The summed E-state index contributed by atoms with van der Waals surface area (Å²) in [4.78, 5) is 12.9. The first kappa shape index (κ1) is 31.2. The Labute approximate surface area is 237 Å². The molecule has 216 valence electrons. The van der Waals surface area contributed by atoms with Crippen LogP contribution in [0.1, 0.15) is 86.3 Å². The van der Waals surface area contributed by atoms with Gasteiger partial charge in [-0.3, -0.25) is 0 Å². The molecule has 39 heavy (non-hydrogen) atoms. The van der Waals surface area contributed by atoms with Crippen LogP contribution in [0, 0.1) is 0 Å². The van der Waals surface area contributed by atoms with Gasteiger partial charge in [0.1, 0.15) is 18.0 Å². The molecule has 6 nitrogen and oxygen atoms in total. The average molecular weight is 556 g/mol. The van der Waals surface area contributed by atoms with Gasteiger partial charge < -0.3 is 23.6 Å². The highest BCUT2D eigenvalue weighted by atomic mass is 28.4. The predicted molar refractivity (Wildman–Crippen MR) is 159 cm³/mol. The molecular formula is C32H49NO5Si. The van der Waals surface area contributed by atoms with Gasteiger partial charge in [0.2, 0.25) is 0 Å². The van der Waals surface area contributed by atoms with Crippen molar-refractivity contribution in [2.75, 3.05) is 13.2 Å². The van der Waals surface area contributed by atoms with E-state index in [4.69, 9.17) is 18.3 Å². The number of carbonyl (C=O) groups excluding carboxylic acids is 1. The number of hydrogen-bond donors (Lipinski definition) is 1. The number of rotatable bonds is 8. The summed E-state index contributed by atoms with van der Waals surface area (Å²) in [6, 6.07) is 18.4. The van der Waals surface area contributed by atoms with E-state index in [1.54, 1.807) is 0 Å². The van der Waals surface area contributed by atoms with E-state index in [2.05, 4.69) is 71.1 Å². The zero-order chi connectivity index (χ0) is 29.0. The van der Waals surface area contributed by atoms with E-state index in [0.29, 0.717) is 19.8 Å². The van der Waals surface area contributed by atoms with Crippen molar-refractivity contribution in [2.45, 2.75) is 109 Å². The van der Waals surface area contributed by atoms with E-state index in [1.807, 2.05) is 51.1 Å². The second kappa shape index (κ2) is 12.0. The van der Waals surface area contributed by atoms with Gasteiger partial charge in [-0.1, -0.05) is 84.0 Å². The number of aryl methyl sites for hydroxylation is 1. The average Bonchev–Trinajstić information content (AvgIpc) is 2.82. The molecule has 1 fully saturated rings. The van der Waals surface area contributed by atoms with Crippen LogP contribution in [0.4, 0.5) is 4.79 Å². The molecule has 0 atom stereocenters. The lowest BCUT2D eigenvalue weighted by molar-refractivity contribution is -0.0152. The van der Waals surface area contributed by atoms with E-state index in [1.165, 1.54) is 5.56 Å². The van der Waals surface area contributed by atoms with Crippen LogP contribution in [0.3, 0.4) is 0 Å².